The molecule has 1 aliphatic rings. The first kappa shape index (κ1) is 9.79. The van der Waals surface area contributed by atoms with Gasteiger partial charge in [0.2, 0.25) is 0 Å². The van der Waals surface area contributed by atoms with Gasteiger partial charge in [-0.2, -0.15) is 0 Å². The fourth-order valence-corrected chi connectivity index (χ4v) is 1.78. The molecule has 2 atom stereocenters. The Balaban J connectivity index is 2.75. The highest BCUT2D eigenvalue weighted by atomic mass is 16.3. The topological polar surface area (TPSA) is 20.2 Å². The first-order valence-corrected chi connectivity index (χ1v) is 4.85. The van der Waals surface area contributed by atoms with E-state index in [0.29, 0.717) is 11.8 Å². The van der Waals surface area contributed by atoms with E-state index in [4.69, 9.17) is 0 Å². The molecule has 1 nitrogen and oxygen atoms in total. The van der Waals surface area contributed by atoms with Crippen LogP contribution >= 0.6 is 0 Å². The highest BCUT2D eigenvalue weighted by Gasteiger charge is 2.34. The lowest BCUT2D eigenvalue weighted by Gasteiger charge is -2.37. The number of rotatable bonds is 1. The molecule has 0 saturated heterocycles. The predicted molar refractivity (Wildman–Crippen MR) is 51.9 cm³/mol. The van der Waals surface area contributed by atoms with Crippen LogP contribution in [0, 0.1) is 11.8 Å². The minimum atomic E-state index is -0.446. The lowest BCUT2D eigenvalue weighted by atomic mass is 9.74. The van der Waals surface area contributed by atoms with Gasteiger partial charge in [0.05, 0.1) is 5.60 Å². The summed E-state index contributed by atoms with van der Waals surface area (Å²) in [6.07, 6.45) is 3.95. The summed E-state index contributed by atoms with van der Waals surface area (Å²) in [4.78, 5) is 0. The molecule has 0 fully saturated rings. The van der Waals surface area contributed by atoms with Crippen LogP contribution in [-0.4, -0.2) is 10.7 Å². The van der Waals surface area contributed by atoms with Crippen LogP contribution in [0.1, 0.15) is 40.5 Å². The Kier molecular flexibility index (Phi) is 2.62. The summed E-state index contributed by atoms with van der Waals surface area (Å²) in [5.41, 5.74) is 0.985. The van der Waals surface area contributed by atoms with Crippen LogP contribution in [0.3, 0.4) is 0 Å². The quantitative estimate of drug-likeness (QED) is 0.597. The third-order valence-electron chi connectivity index (χ3n) is 3.29. The van der Waals surface area contributed by atoms with Gasteiger partial charge in [0.25, 0.3) is 0 Å². The fourth-order valence-electron chi connectivity index (χ4n) is 1.78. The maximum absolute atomic E-state index is 10.2. The number of aliphatic hydroxyl groups is 1. The van der Waals surface area contributed by atoms with Crippen LogP contribution in [0.4, 0.5) is 0 Å². The van der Waals surface area contributed by atoms with Crippen molar-refractivity contribution >= 4 is 0 Å². The van der Waals surface area contributed by atoms with Gasteiger partial charge in [-0.05, 0) is 31.6 Å². The van der Waals surface area contributed by atoms with Crippen LogP contribution in [0.5, 0.6) is 0 Å². The van der Waals surface area contributed by atoms with E-state index in [1.54, 1.807) is 0 Å². The molecule has 70 valence electrons. The van der Waals surface area contributed by atoms with Gasteiger partial charge >= 0.3 is 0 Å². The molecule has 0 spiro atoms. The molecule has 1 aliphatic carbocycles. The van der Waals surface area contributed by atoms with Crippen molar-refractivity contribution in [3.05, 3.63) is 11.6 Å². The van der Waals surface area contributed by atoms with Gasteiger partial charge < -0.3 is 5.11 Å². The Bertz CT molecular complexity index is 193. The highest BCUT2D eigenvalue weighted by Crippen LogP contribution is 2.36. The lowest BCUT2D eigenvalue weighted by Crippen LogP contribution is -2.38. The minimum Gasteiger partial charge on any atom is -0.389 e. The van der Waals surface area contributed by atoms with Crippen molar-refractivity contribution in [3.8, 4) is 0 Å². The molecular formula is C11H20O. The molecule has 0 bridgehead atoms. The molecule has 12 heavy (non-hydrogen) atoms. The van der Waals surface area contributed by atoms with E-state index < -0.39 is 5.60 Å². The number of allylic oxidation sites excluding steroid dienone is 1. The highest BCUT2D eigenvalue weighted by molar-refractivity contribution is 5.11. The Morgan fingerprint density at radius 3 is 2.58 bits per heavy atom. The van der Waals surface area contributed by atoms with E-state index >= 15 is 0 Å². The van der Waals surface area contributed by atoms with Crippen molar-refractivity contribution in [1.82, 2.24) is 0 Å². The Hall–Kier alpha value is -0.300. The SMILES string of the molecule is CC1=CCC(O)(C(C)C)CC1C. The molecule has 1 heteroatoms. The zero-order valence-electron chi connectivity index (χ0n) is 8.59. The normalized spacial score (nSPS) is 36.8. The molecule has 0 saturated carbocycles. The average molecular weight is 168 g/mol. The third kappa shape index (κ3) is 1.71. The van der Waals surface area contributed by atoms with E-state index in [0.717, 1.165) is 12.8 Å². The van der Waals surface area contributed by atoms with Crippen LogP contribution in [-0.2, 0) is 0 Å². The van der Waals surface area contributed by atoms with Crippen molar-refractivity contribution in [1.29, 1.82) is 0 Å². The molecule has 0 aromatic rings. The second-order valence-corrected chi connectivity index (χ2v) is 4.52. The van der Waals surface area contributed by atoms with E-state index in [-0.39, 0.29) is 0 Å². The molecule has 0 radical (unpaired) electrons. The summed E-state index contributed by atoms with van der Waals surface area (Å²) >= 11 is 0. The van der Waals surface area contributed by atoms with Gasteiger partial charge in [0.15, 0.2) is 0 Å². The first-order chi connectivity index (χ1) is 5.46. The van der Waals surface area contributed by atoms with Crippen LogP contribution in [0.2, 0.25) is 0 Å². The second-order valence-electron chi connectivity index (χ2n) is 4.52. The molecule has 0 heterocycles. The predicted octanol–water partition coefficient (Wildman–Crippen LogP) is 2.75. The van der Waals surface area contributed by atoms with Crippen molar-refractivity contribution in [2.75, 3.05) is 0 Å². The molecule has 0 amide bonds. The standard InChI is InChI=1S/C11H20O/c1-8(2)11(12)6-5-9(3)10(4)7-11/h5,8,10,12H,6-7H2,1-4H3. The molecule has 1 rings (SSSR count). The summed E-state index contributed by atoms with van der Waals surface area (Å²) in [6, 6.07) is 0. The molecule has 0 aromatic heterocycles. The smallest absolute Gasteiger partial charge is 0.0710 e. The third-order valence-corrected chi connectivity index (χ3v) is 3.29. The van der Waals surface area contributed by atoms with Gasteiger partial charge in [0.1, 0.15) is 0 Å². The van der Waals surface area contributed by atoms with E-state index in [1.807, 2.05) is 0 Å². The molecular weight excluding hydrogens is 148 g/mol. The zero-order valence-corrected chi connectivity index (χ0v) is 8.59. The van der Waals surface area contributed by atoms with Crippen LogP contribution in [0.25, 0.3) is 0 Å². The van der Waals surface area contributed by atoms with Gasteiger partial charge in [-0.3, -0.25) is 0 Å². The first-order valence-electron chi connectivity index (χ1n) is 4.85. The molecule has 0 aliphatic heterocycles. The Labute approximate surface area is 75.5 Å². The summed E-state index contributed by atoms with van der Waals surface area (Å²) in [5.74, 6) is 0.912. The summed E-state index contributed by atoms with van der Waals surface area (Å²) in [6.45, 7) is 8.55. The van der Waals surface area contributed by atoms with E-state index in [2.05, 4.69) is 33.8 Å². The maximum Gasteiger partial charge on any atom is 0.0710 e. The van der Waals surface area contributed by atoms with Crippen molar-refractivity contribution in [2.24, 2.45) is 11.8 Å². The average Bonchev–Trinajstić information content (AvgIpc) is 1.97. The minimum absolute atomic E-state index is 0.365. The number of hydrogen-bond donors (Lipinski definition) is 1. The fraction of sp³-hybridized carbons (Fsp3) is 0.818. The van der Waals surface area contributed by atoms with Crippen LogP contribution < -0.4 is 0 Å². The summed E-state index contributed by atoms with van der Waals surface area (Å²) in [7, 11) is 0. The monoisotopic (exact) mass is 168 g/mol. The van der Waals surface area contributed by atoms with E-state index in [1.165, 1.54) is 5.57 Å². The van der Waals surface area contributed by atoms with Gasteiger partial charge in [0, 0.05) is 0 Å². The maximum atomic E-state index is 10.2. The largest absolute Gasteiger partial charge is 0.389 e. The summed E-state index contributed by atoms with van der Waals surface area (Å²) in [5, 5.41) is 10.2. The molecule has 2 unspecified atom stereocenters. The van der Waals surface area contributed by atoms with Crippen molar-refractivity contribution in [3.63, 3.8) is 0 Å². The molecule has 1 N–H and O–H groups in total. The van der Waals surface area contributed by atoms with Crippen LogP contribution in [0.15, 0.2) is 11.6 Å². The second kappa shape index (κ2) is 3.21. The van der Waals surface area contributed by atoms with Gasteiger partial charge in [-0.25, -0.2) is 0 Å². The van der Waals surface area contributed by atoms with Crippen molar-refractivity contribution < 1.29 is 5.11 Å². The molecule has 0 aromatic carbocycles. The van der Waals surface area contributed by atoms with Crippen molar-refractivity contribution in [2.45, 2.75) is 46.1 Å². The van der Waals surface area contributed by atoms with E-state index in [9.17, 15) is 5.11 Å². The Morgan fingerprint density at radius 1 is 1.58 bits per heavy atom. The summed E-state index contributed by atoms with van der Waals surface area (Å²) < 4.78 is 0. The number of hydrogen-bond acceptors (Lipinski definition) is 1. The lowest BCUT2D eigenvalue weighted by molar-refractivity contribution is -0.0242. The van der Waals surface area contributed by atoms with Gasteiger partial charge in [-0.1, -0.05) is 32.4 Å². The Morgan fingerprint density at radius 2 is 2.17 bits per heavy atom. The zero-order chi connectivity index (χ0) is 9.35. The van der Waals surface area contributed by atoms with Gasteiger partial charge in [-0.15, -0.1) is 0 Å².